The number of hydrogen-bond donors (Lipinski definition) is 1. The number of nitrogens with two attached hydrogens (primary N) is 1. The van der Waals surface area contributed by atoms with E-state index in [1.807, 2.05) is 10.8 Å². The number of nitrogens with zero attached hydrogens (tertiary/aromatic N) is 1. The van der Waals surface area contributed by atoms with Crippen LogP contribution in [-0.2, 0) is 11.5 Å². The Kier molecular flexibility index (Phi) is 5.38. The summed E-state index contributed by atoms with van der Waals surface area (Å²) in [6, 6.07) is 3.51. The van der Waals surface area contributed by atoms with Gasteiger partial charge in [0.1, 0.15) is 5.56 Å². The number of pyridine rings is 1. The Hall–Kier alpha value is -1.13. The monoisotopic (exact) mass is 256 g/mol. The maximum absolute atomic E-state index is 11.0. The lowest BCUT2D eigenvalue weighted by atomic mass is 10.3. The Labute approximate surface area is 107 Å². The Morgan fingerprint density at radius 2 is 2.18 bits per heavy atom. The molecule has 4 nitrogen and oxygen atoms in total. The minimum Gasteiger partial charge on any atom is -1.00 e. The van der Waals surface area contributed by atoms with Crippen molar-refractivity contribution in [2.45, 2.75) is 38.5 Å². The summed E-state index contributed by atoms with van der Waals surface area (Å²) in [6.07, 6.45) is 8.79. The van der Waals surface area contributed by atoms with Crippen LogP contribution >= 0.6 is 0 Å². The molecule has 2 N–H and O–H groups in total. The lowest BCUT2D eigenvalue weighted by Crippen LogP contribution is -3.00. The van der Waals surface area contributed by atoms with Crippen molar-refractivity contribution in [3.8, 4) is 0 Å². The third-order valence-corrected chi connectivity index (χ3v) is 2.90. The van der Waals surface area contributed by atoms with Crippen LogP contribution in [-0.4, -0.2) is 12.0 Å². The van der Waals surface area contributed by atoms with E-state index in [9.17, 15) is 4.79 Å². The molecule has 1 heterocycles. The number of carbonyl (C=O) groups is 1. The number of primary amides is 1. The van der Waals surface area contributed by atoms with Crippen LogP contribution in [0.4, 0.5) is 0 Å². The molecule has 0 bridgehead atoms. The molecule has 0 radical (unpaired) electrons. The quantitative estimate of drug-likeness (QED) is 0.634. The van der Waals surface area contributed by atoms with Crippen LogP contribution in [0.25, 0.3) is 0 Å². The molecular formula is C12H17ClN2O2. The molecule has 1 aliphatic carbocycles. The van der Waals surface area contributed by atoms with Crippen LogP contribution in [0.2, 0.25) is 0 Å². The van der Waals surface area contributed by atoms with Crippen molar-refractivity contribution in [1.29, 1.82) is 0 Å². The van der Waals surface area contributed by atoms with E-state index in [2.05, 4.69) is 0 Å². The van der Waals surface area contributed by atoms with Gasteiger partial charge < -0.3 is 22.9 Å². The van der Waals surface area contributed by atoms with E-state index in [4.69, 9.17) is 10.5 Å². The molecule has 0 atom stereocenters. The summed E-state index contributed by atoms with van der Waals surface area (Å²) in [5, 5.41) is 0. The largest absolute Gasteiger partial charge is 1.00 e. The zero-order valence-corrected chi connectivity index (χ0v) is 10.4. The summed E-state index contributed by atoms with van der Waals surface area (Å²) in [5.41, 5.74) is 5.72. The molecule has 1 aromatic rings. The molecule has 94 valence electrons. The highest BCUT2D eigenvalue weighted by atomic mass is 35.5. The zero-order valence-electron chi connectivity index (χ0n) is 9.64. The first-order valence-corrected chi connectivity index (χ1v) is 5.66. The van der Waals surface area contributed by atoms with Gasteiger partial charge in [-0.05, 0) is 18.9 Å². The molecule has 1 aromatic heterocycles. The van der Waals surface area contributed by atoms with Gasteiger partial charge in [-0.3, -0.25) is 4.79 Å². The van der Waals surface area contributed by atoms with Crippen LogP contribution in [0.5, 0.6) is 0 Å². The molecule has 0 spiro atoms. The summed E-state index contributed by atoms with van der Waals surface area (Å²) >= 11 is 0. The Morgan fingerprint density at radius 1 is 1.47 bits per heavy atom. The van der Waals surface area contributed by atoms with Crippen LogP contribution in [0.3, 0.4) is 0 Å². The van der Waals surface area contributed by atoms with E-state index in [-0.39, 0.29) is 12.4 Å². The van der Waals surface area contributed by atoms with E-state index >= 15 is 0 Å². The standard InChI is InChI=1S/C12H16N2O2.ClH/c13-12(15)10-4-3-7-14(8-10)9-16-11-5-1-2-6-11;/h3-4,7-8,11H,1-2,5-6,9H2,(H-,13,15);1H. The molecule has 0 saturated heterocycles. The first-order chi connectivity index (χ1) is 7.75. The number of ether oxygens (including phenoxy) is 1. The molecule has 5 heteroatoms. The van der Waals surface area contributed by atoms with Crippen molar-refractivity contribution in [2.24, 2.45) is 5.73 Å². The maximum Gasteiger partial charge on any atom is 0.254 e. The third-order valence-electron chi connectivity index (χ3n) is 2.90. The van der Waals surface area contributed by atoms with Gasteiger partial charge in [0.25, 0.3) is 12.6 Å². The van der Waals surface area contributed by atoms with E-state index in [0.717, 1.165) is 12.8 Å². The average Bonchev–Trinajstić information content (AvgIpc) is 2.79. The third kappa shape index (κ3) is 3.98. The second-order valence-electron chi connectivity index (χ2n) is 4.17. The van der Waals surface area contributed by atoms with Crippen LogP contribution in [0.1, 0.15) is 36.0 Å². The predicted octanol–water partition coefficient (Wildman–Crippen LogP) is -2.01. The highest BCUT2D eigenvalue weighted by Crippen LogP contribution is 2.20. The molecule has 0 unspecified atom stereocenters. The van der Waals surface area contributed by atoms with Crippen molar-refractivity contribution in [2.75, 3.05) is 0 Å². The molecule has 1 fully saturated rings. The number of hydrogen-bond acceptors (Lipinski definition) is 2. The normalized spacial score (nSPS) is 15.5. The number of halogens is 1. The molecule has 0 aliphatic heterocycles. The molecule has 1 aliphatic rings. The molecule has 1 amide bonds. The van der Waals surface area contributed by atoms with Gasteiger partial charge in [-0.15, -0.1) is 0 Å². The summed E-state index contributed by atoms with van der Waals surface area (Å²) < 4.78 is 7.58. The number of aromatic nitrogens is 1. The lowest BCUT2D eigenvalue weighted by Gasteiger charge is -2.07. The Morgan fingerprint density at radius 3 is 2.82 bits per heavy atom. The fourth-order valence-electron chi connectivity index (χ4n) is 1.99. The number of rotatable bonds is 4. The van der Waals surface area contributed by atoms with Crippen LogP contribution in [0, 0.1) is 0 Å². The van der Waals surface area contributed by atoms with Crippen molar-refractivity contribution >= 4 is 5.91 Å². The Bertz CT molecular complexity index is 379. The molecule has 2 rings (SSSR count). The lowest BCUT2D eigenvalue weighted by molar-refractivity contribution is -0.734. The maximum atomic E-state index is 11.0. The van der Waals surface area contributed by atoms with Gasteiger partial charge in [-0.1, -0.05) is 12.8 Å². The van der Waals surface area contributed by atoms with Gasteiger partial charge in [0, 0.05) is 6.07 Å². The topological polar surface area (TPSA) is 56.2 Å². The smallest absolute Gasteiger partial charge is 0.254 e. The van der Waals surface area contributed by atoms with Crippen molar-refractivity contribution in [3.05, 3.63) is 30.1 Å². The molecular weight excluding hydrogens is 240 g/mol. The van der Waals surface area contributed by atoms with Gasteiger partial charge in [-0.25, -0.2) is 0 Å². The Balaban J connectivity index is 0.00000144. The molecule has 17 heavy (non-hydrogen) atoms. The highest BCUT2D eigenvalue weighted by Gasteiger charge is 2.17. The van der Waals surface area contributed by atoms with Gasteiger partial charge in [0.2, 0.25) is 0 Å². The van der Waals surface area contributed by atoms with Gasteiger partial charge in [0.05, 0.1) is 6.10 Å². The van der Waals surface area contributed by atoms with Crippen LogP contribution < -0.4 is 22.7 Å². The van der Waals surface area contributed by atoms with E-state index in [1.54, 1.807) is 18.3 Å². The summed E-state index contributed by atoms with van der Waals surface area (Å²) in [4.78, 5) is 11.0. The van der Waals surface area contributed by atoms with E-state index in [0.29, 0.717) is 18.4 Å². The van der Waals surface area contributed by atoms with Crippen LogP contribution in [0.15, 0.2) is 24.5 Å². The van der Waals surface area contributed by atoms with E-state index in [1.165, 1.54) is 12.8 Å². The van der Waals surface area contributed by atoms with Gasteiger partial charge in [0.15, 0.2) is 12.4 Å². The van der Waals surface area contributed by atoms with Crippen molar-refractivity contribution in [1.82, 2.24) is 0 Å². The predicted molar refractivity (Wildman–Crippen MR) is 58.5 cm³/mol. The highest BCUT2D eigenvalue weighted by molar-refractivity contribution is 5.92. The average molecular weight is 257 g/mol. The fraction of sp³-hybridized carbons (Fsp3) is 0.500. The second-order valence-corrected chi connectivity index (χ2v) is 4.17. The van der Waals surface area contributed by atoms with Crippen molar-refractivity contribution < 1.29 is 26.5 Å². The van der Waals surface area contributed by atoms with E-state index < -0.39 is 5.91 Å². The summed E-state index contributed by atoms with van der Waals surface area (Å²) in [5.74, 6) is -0.407. The van der Waals surface area contributed by atoms with Gasteiger partial charge >= 0.3 is 0 Å². The minimum absolute atomic E-state index is 0. The second kappa shape index (κ2) is 6.57. The zero-order chi connectivity index (χ0) is 11.4. The first kappa shape index (κ1) is 13.9. The number of carbonyl (C=O) groups excluding carboxylic acids is 1. The fourth-order valence-corrected chi connectivity index (χ4v) is 1.99. The minimum atomic E-state index is -0.407. The summed E-state index contributed by atoms with van der Waals surface area (Å²) in [6.45, 7) is 0.492. The molecule has 0 aromatic carbocycles. The molecule has 1 saturated carbocycles. The first-order valence-electron chi connectivity index (χ1n) is 5.66. The summed E-state index contributed by atoms with van der Waals surface area (Å²) in [7, 11) is 0. The van der Waals surface area contributed by atoms with Gasteiger partial charge in [-0.2, -0.15) is 4.57 Å². The van der Waals surface area contributed by atoms with Crippen molar-refractivity contribution in [3.63, 3.8) is 0 Å². The SMILES string of the molecule is NC(=O)c1ccc[n+](COC2CCCC2)c1.[Cl-]. The number of amides is 1.